The van der Waals surface area contributed by atoms with E-state index in [9.17, 15) is 13.2 Å². The van der Waals surface area contributed by atoms with E-state index in [0.29, 0.717) is 11.1 Å². The summed E-state index contributed by atoms with van der Waals surface area (Å²) in [6, 6.07) is 6.50. The highest BCUT2D eigenvalue weighted by atomic mass is 19.4. The highest BCUT2D eigenvalue weighted by molar-refractivity contribution is 5.44. The number of rotatable bonds is 5. The highest BCUT2D eigenvalue weighted by Gasteiger charge is 2.37. The van der Waals surface area contributed by atoms with Crippen LogP contribution in [0.5, 0.6) is 0 Å². The van der Waals surface area contributed by atoms with Crippen LogP contribution in [0.1, 0.15) is 17.6 Å². The molecular formula is C14H15F3N6O. The summed E-state index contributed by atoms with van der Waals surface area (Å²) in [6.07, 6.45) is -3.05. The second-order valence-corrected chi connectivity index (χ2v) is 5.39. The van der Waals surface area contributed by atoms with Gasteiger partial charge in [-0.1, -0.05) is 0 Å². The third-order valence-corrected chi connectivity index (χ3v) is 3.49. The van der Waals surface area contributed by atoms with Crippen LogP contribution in [0.15, 0.2) is 34.9 Å². The van der Waals surface area contributed by atoms with E-state index in [1.165, 1.54) is 6.07 Å². The van der Waals surface area contributed by atoms with Gasteiger partial charge in [0.2, 0.25) is 0 Å². The smallest absolute Gasteiger partial charge is 0.453 e. The maximum atomic E-state index is 12.9. The summed E-state index contributed by atoms with van der Waals surface area (Å²) in [5.74, 6) is -0.128. The van der Waals surface area contributed by atoms with Gasteiger partial charge in [-0.05, 0) is 38.4 Å². The van der Waals surface area contributed by atoms with Crippen molar-refractivity contribution in [2.75, 3.05) is 26.0 Å². The van der Waals surface area contributed by atoms with E-state index in [-0.39, 0.29) is 17.5 Å². The number of alkyl halides is 3. The molecule has 3 rings (SSSR count). The molecule has 3 aromatic rings. The Morgan fingerprint density at radius 1 is 1.25 bits per heavy atom. The number of likely N-dealkylation sites (N-methyl/N-ethyl adjacent to an activating group) is 1. The van der Waals surface area contributed by atoms with Crippen LogP contribution in [-0.2, 0) is 6.18 Å². The molecule has 0 aromatic carbocycles. The van der Waals surface area contributed by atoms with Crippen molar-refractivity contribution in [3.8, 4) is 0 Å². The number of halogens is 3. The van der Waals surface area contributed by atoms with Gasteiger partial charge in [0.1, 0.15) is 11.6 Å². The Kier molecular flexibility index (Phi) is 4.14. The van der Waals surface area contributed by atoms with Crippen molar-refractivity contribution in [1.82, 2.24) is 24.7 Å². The minimum atomic E-state index is -4.62. The van der Waals surface area contributed by atoms with Crippen molar-refractivity contribution in [3.05, 3.63) is 42.1 Å². The van der Waals surface area contributed by atoms with Crippen LogP contribution in [0, 0.1) is 0 Å². The summed E-state index contributed by atoms with van der Waals surface area (Å²) in [6.45, 7) is 0.405. The average Bonchev–Trinajstić information content (AvgIpc) is 3.15. The molecule has 0 saturated carbocycles. The van der Waals surface area contributed by atoms with E-state index in [0.717, 1.165) is 5.76 Å². The topological polar surface area (TPSA) is 71.5 Å². The fraction of sp³-hybridized carbons (Fsp3) is 0.357. The van der Waals surface area contributed by atoms with Crippen LogP contribution >= 0.6 is 0 Å². The molecule has 0 radical (unpaired) electrons. The number of anilines is 1. The number of nitrogens with one attached hydrogen (secondary N) is 1. The van der Waals surface area contributed by atoms with E-state index in [4.69, 9.17) is 4.42 Å². The number of hydrogen-bond donors (Lipinski definition) is 1. The van der Waals surface area contributed by atoms with Crippen molar-refractivity contribution in [1.29, 1.82) is 0 Å². The van der Waals surface area contributed by atoms with Gasteiger partial charge in [-0.15, -0.1) is 15.3 Å². The molecule has 0 aliphatic carbocycles. The first-order valence-electron chi connectivity index (χ1n) is 7.09. The van der Waals surface area contributed by atoms with E-state index in [2.05, 4.69) is 20.6 Å². The number of hydrogen-bond acceptors (Lipinski definition) is 6. The Bertz CT molecular complexity index is 812. The first kappa shape index (κ1) is 16.2. The fourth-order valence-electron chi connectivity index (χ4n) is 2.28. The summed E-state index contributed by atoms with van der Waals surface area (Å²) < 4.78 is 44.7. The van der Waals surface area contributed by atoms with E-state index in [1.54, 1.807) is 18.4 Å². The molecule has 0 aliphatic heterocycles. The largest absolute Gasteiger partial charge is 0.468 e. The molecule has 1 atom stereocenters. The zero-order chi connectivity index (χ0) is 17.3. The van der Waals surface area contributed by atoms with Gasteiger partial charge in [-0.2, -0.15) is 17.7 Å². The zero-order valence-corrected chi connectivity index (χ0v) is 12.9. The molecule has 0 spiro atoms. The normalized spacial score (nSPS) is 13.6. The second-order valence-electron chi connectivity index (χ2n) is 5.39. The molecule has 3 heterocycles. The summed E-state index contributed by atoms with van der Waals surface area (Å²) in [4.78, 5) is 1.93. The Morgan fingerprint density at radius 3 is 2.67 bits per heavy atom. The zero-order valence-electron chi connectivity index (χ0n) is 12.9. The quantitative estimate of drug-likeness (QED) is 0.769. The van der Waals surface area contributed by atoms with Gasteiger partial charge >= 0.3 is 6.18 Å². The molecule has 24 heavy (non-hydrogen) atoms. The lowest BCUT2D eigenvalue weighted by Gasteiger charge is -2.22. The first-order chi connectivity index (χ1) is 11.4. The number of nitrogens with zero attached hydrogens (tertiary/aromatic N) is 5. The van der Waals surface area contributed by atoms with E-state index < -0.39 is 12.0 Å². The summed E-state index contributed by atoms with van der Waals surface area (Å²) >= 11 is 0. The molecule has 0 aliphatic rings. The van der Waals surface area contributed by atoms with Crippen LogP contribution in [0.25, 0.3) is 5.65 Å². The molecule has 10 heteroatoms. The predicted octanol–water partition coefficient (Wildman–Crippen LogP) is 2.45. The minimum Gasteiger partial charge on any atom is -0.468 e. The Hall–Kier alpha value is -2.62. The van der Waals surface area contributed by atoms with Gasteiger partial charge < -0.3 is 9.73 Å². The molecule has 128 valence electrons. The van der Waals surface area contributed by atoms with Crippen LogP contribution in [0.2, 0.25) is 0 Å². The minimum absolute atomic E-state index is 0.0306. The first-order valence-corrected chi connectivity index (χ1v) is 7.09. The second kappa shape index (κ2) is 6.11. The predicted molar refractivity (Wildman–Crippen MR) is 79.4 cm³/mol. The molecule has 7 nitrogen and oxygen atoms in total. The summed E-state index contributed by atoms with van der Waals surface area (Å²) in [7, 11) is 3.76. The third kappa shape index (κ3) is 3.18. The molecule has 0 unspecified atom stereocenters. The Balaban J connectivity index is 1.82. The van der Waals surface area contributed by atoms with Crippen LogP contribution < -0.4 is 5.32 Å². The molecular weight excluding hydrogens is 325 g/mol. The molecule has 0 fully saturated rings. The van der Waals surface area contributed by atoms with Crippen molar-refractivity contribution < 1.29 is 17.6 Å². The van der Waals surface area contributed by atoms with Crippen LogP contribution in [0.4, 0.5) is 19.0 Å². The summed E-state index contributed by atoms with van der Waals surface area (Å²) in [5.41, 5.74) is 0.0306. The standard InChI is InChI=1S/C14H15F3N6O/c1-22(2)9(10-4-3-7-24-10)8-18-11-5-6-12-19-20-13(14(15,16)17)23(12)21-11/h3-7,9H,8H2,1-2H3,(H,18,21)/t9-/m1/s1. The lowest BCUT2D eigenvalue weighted by atomic mass is 10.2. The molecule has 0 amide bonds. The van der Waals surface area contributed by atoms with Gasteiger partial charge in [-0.25, -0.2) is 0 Å². The lowest BCUT2D eigenvalue weighted by molar-refractivity contribution is -0.146. The Morgan fingerprint density at radius 2 is 2.04 bits per heavy atom. The maximum absolute atomic E-state index is 12.9. The highest BCUT2D eigenvalue weighted by Crippen LogP contribution is 2.27. The van der Waals surface area contributed by atoms with Gasteiger partial charge in [0.05, 0.1) is 12.3 Å². The van der Waals surface area contributed by atoms with Crippen molar-refractivity contribution >= 4 is 11.5 Å². The number of furan rings is 1. The monoisotopic (exact) mass is 340 g/mol. The number of aromatic nitrogens is 4. The fourth-order valence-corrected chi connectivity index (χ4v) is 2.28. The van der Waals surface area contributed by atoms with Crippen molar-refractivity contribution in [2.24, 2.45) is 0 Å². The average molecular weight is 340 g/mol. The number of fused-ring (bicyclic) bond motifs is 1. The maximum Gasteiger partial charge on any atom is 0.453 e. The summed E-state index contributed by atoms with van der Waals surface area (Å²) in [5, 5.41) is 13.6. The van der Waals surface area contributed by atoms with E-state index >= 15 is 0 Å². The van der Waals surface area contributed by atoms with Gasteiger partial charge in [-0.3, -0.25) is 4.90 Å². The van der Waals surface area contributed by atoms with Gasteiger partial charge in [0, 0.05) is 6.54 Å². The molecule has 3 aromatic heterocycles. The van der Waals surface area contributed by atoms with Crippen molar-refractivity contribution in [2.45, 2.75) is 12.2 Å². The molecule has 1 N–H and O–H groups in total. The van der Waals surface area contributed by atoms with Gasteiger partial charge in [0.25, 0.3) is 5.82 Å². The van der Waals surface area contributed by atoms with Crippen LogP contribution in [0.3, 0.4) is 0 Å². The molecule has 0 saturated heterocycles. The third-order valence-electron chi connectivity index (χ3n) is 3.49. The van der Waals surface area contributed by atoms with Gasteiger partial charge in [0.15, 0.2) is 5.65 Å². The lowest BCUT2D eigenvalue weighted by Crippen LogP contribution is -2.27. The van der Waals surface area contributed by atoms with Crippen molar-refractivity contribution in [3.63, 3.8) is 0 Å². The van der Waals surface area contributed by atoms with E-state index in [1.807, 2.05) is 25.1 Å². The van der Waals surface area contributed by atoms with Crippen LogP contribution in [-0.4, -0.2) is 45.4 Å². The molecule has 0 bridgehead atoms. The Labute approximate surface area is 135 Å². The SMILES string of the molecule is CN(C)[C@H](CNc1ccc2nnc(C(F)(F)F)n2n1)c1ccco1.